The average Bonchev–Trinajstić information content (AvgIpc) is 2.96. The Hall–Kier alpha value is -4.52. The fourth-order valence-corrected chi connectivity index (χ4v) is 4.62. The van der Waals surface area contributed by atoms with E-state index in [4.69, 9.17) is 9.47 Å². The Balaban J connectivity index is 1.31. The molecule has 5 nitrogen and oxygen atoms in total. The second-order valence-corrected chi connectivity index (χ2v) is 11.0. The van der Waals surface area contributed by atoms with Crippen LogP contribution < -0.4 is 0 Å². The monoisotopic (exact) mass is 555 g/mol. The molecule has 1 aliphatic carbocycles. The molecule has 2 aliphatic heterocycles. The number of piperazine rings is 1. The van der Waals surface area contributed by atoms with E-state index in [-0.39, 0.29) is 17.7 Å². The molecule has 0 saturated carbocycles. The van der Waals surface area contributed by atoms with Crippen LogP contribution in [-0.4, -0.2) is 53.1 Å². The number of carbonyl (C=O) groups excluding carboxylic acids is 1. The van der Waals surface area contributed by atoms with Gasteiger partial charge in [-0.1, -0.05) is 18.2 Å². The number of amides is 1. The third-order valence-corrected chi connectivity index (χ3v) is 6.75. The van der Waals surface area contributed by atoms with Gasteiger partial charge in [0.25, 0.3) is 0 Å². The van der Waals surface area contributed by atoms with Gasteiger partial charge >= 0.3 is 6.09 Å². The van der Waals surface area contributed by atoms with Crippen LogP contribution in [0.5, 0.6) is 0 Å². The fraction of sp³-hybridized carbons (Fsp3) is 0.235. The van der Waals surface area contributed by atoms with Crippen LogP contribution in [-0.2, 0) is 9.47 Å². The summed E-state index contributed by atoms with van der Waals surface area (Å²) < 4.78 is 41.0. The normalized spacial score (nSPS) is 18.2. The maximum atomic E-state index is 13.5. The fourth-order valence-electron chi connectivity index (χ4n) is 4.62. The molecule has 3 aliphatic rings. The number of halogens is 2. The molecule has 210 valence electrons. The maximum absolute atomic E-state index is 13.5. The third-order valence-electron chi connectivity index (χ3n) is 6.75. The van der Waals surface area contributed by atoms with Crippen molar-refractivity contribution in [1.29, 1.82) is 0 Å². The third kappa shape index (κ3) is 7.37. The Morgan fingerprint density at radius 3 is 2.02 bits per heavy atom. The molecular weight excluding hydrogens is 522 g/mol. The number of benzene rings is 2. The van der Waals surface area contributed by atoms with Gasteiger partial charge in [-0.25, -0.2) is 18.2 Å². The van der Waals surface area contributed by atoms with Gasteiger partial charge in [-0.2, -0.15) is 0 Å². The zero-order valence-electron chi connectivity index (χ0n) is 23.4. The SMILES string of the molecule is CC(C)(C)OC(=O)N1CC[N+](=C2C=CC(=CC=C3C=C(c4ccc(F)cc4)C=C(c4ccc(F)cc4)O3)C=C2)CC1. The highest BCUT2D eigenvalue weighted by molar-refractivity contribution is 6.02. The van der Waals surface area contributed by atoms with Crippen LogP contribution in [0.4, 0.5) is 13.6 Å². The molecule has 2 heterocycles. The smallest absolute Gasteiger partial charge is 0.410 e. The summed E-state index contributed by atoms with van der Waals surface area (Å²) in [5.74, 6) is 0.555. The van der Waals surface area contributed by atoms with Crippen molar-refractivity contribution in [2.75, 3.05) is 26.2 Å². The number of allylic oxidation sites excluding steroid dienone is 10. The van der Waals surface area contributed by atoms with Crippen LogP contribution in [0.2, 0.25) is 0 Å². The van der Waals surface area contributed by atoms with Crippen LogP contribution in [0.15, 0.2) is 108 Å². The van der Waals surface area contributed by atoms with Crippen LogP contribution in [0, 0.1) is 11.6 Å². The van der Waals surface area contributed by atoms with Gasteiger partial charge in [0.2, 0.25) is 0 Å². The Labute approximate surface area is 239 Å². The van der Waals surface area contributed by atoms with E-state index < -0.39 is 5.60 Å². The summed E-state index contributed by atoms with van der Waals surface area (Å²) in [6, 6.07) is 12.4. The van der Waals surface area contributed by atoms with E-state index >= 15 is 0 Å². The zero-order chi connectivity index (χ0) is 29.0. The number of hydrogen-bond acceptors (Lipinski definition) is 3. The lowest BCUT2D eigenvalue weighted by atomic mass is 10.00. The molecule has 2 aromatic carbocycles. The van der Waals surface area contributed by atoms with Crippen molar-refractivity contribution in [2.45, 2.75) is 26.4 Å². The first-order valence-electron chi connectivity index (χ1n) is 13.6. The second kappa shape index (κ2) is 11.9. The van der Waals surface area contributed by atoms with E-state index in [1.54, 1.807) is 29.2 Å². The maximum Gasteiger partial charge on any atom is 0.410 e. The Morgan fingerprint density at radius 1 is 0.854 bits per heavy atom. The minimum atomic E-state index is -0.504. The lowest BCUT2D eigenvalue weighted by Gasteiger charge is -2.29. The van der Waals surface area contributed by atoms with Gasteiger partial charge in [-0.05, 0) is 104 Å². The summed E-state index contributed by atoms with van der Waals surface area (Å²) >= 11 is 0. The van der Waals surface area contributed by atoms with Crippen molar-refractivity contribution in [3.8, 4) is 0 Å². The van der Waals surface area contributed by atoms with Gasteiger partial charge in [0.15, 0.2) is 18.8 Å². The van der Waals surface area contributed by atoms with Gasteiger partial charge in [-0.3, -0.25) is 4.90 Å². The van der Waals surface area contributed by atoms with E-state index in [2.05, 4.69) is 16.7 Å². The van der Waals surface area contributed by atoms with E-state index in [0.29, 0.717) is 24.6 Å². The zero-order valence-corrected chi connectivity index (χ0v) is 23.4. The Kier molecular flexibility index (Phi) is 8.15. The van der Waals surface area contributed by atoms with E-state index in [0.717, 1.165) is 41.1 Å². The average molecular weight is 556 g/mol. The molecule has 0 atom stereocenters. The minimum absolute atomic E-state index is 0.269. The van der Waals surface area contributed by atoms with Crippen molar-refractivity contribution in [2.24, 2.45) is 0 Å². The predicted molar refractivity (Wildman–Crippen MR) is 157 cm³/mol. The number of rotatable bonds is 3. The Bertz CT molecular complexity index is 1510. The molecule has 0 unspecified atom stereocenters. The summed E-state index contributed by atoms with van der Waals surface area (Å²) in [5, 5.41) is 0. The molecule has 2 aromatic rings. The van der Waals surface area contributed by atoms with Crippen LogP contribution in [0.25, 0.3) is 11.3 Å². The van der Waals surface area contributed by atoms with Gasteiger partial charge in [-0.15, -0.1) is 0 Å². The standard InChI is InChI=1S/C34H33F2N2O3/c1-34(2,3)41-33(39)38-20-18-37(19-21-38)30-15-4-24(5-16-30)6-17-31-22-27(25-7-11-28(35)12-8-25)23-32(40-31)26-9-13-29(36)14-10-26/h4-17,22-23H,18-21H2,1-3H3/q+1. The first-order chi connectivity index (χ1) is 19.6. The molecular formula is C34H33F2N2O3+. The van der Waals surface area contributed by atoms with Crippen molar-refractivity contribution >= 4 is 23.1 Å². The topological polar surface area (TPSA) is 41.8 Å². The highest BCUT2D eigenvalue weighted by atomic mass is 19.1. The molecule has 0 aromatic heterocycles. The van der Waals surface area contributed by atoms with E-state index in [1.807, 2.05) is 57.2 Å². The van der Waals surface area contributed by atoms with Gasteiger partial charge < -0.3 is 9.47 Å². The van der Waals surface area contributed by atoms with Crippen molar-refractivity contribution in [3.05, 3.63) is 131 Å². The molecule has 0 N–H and O–H groups in total. The summed E-state index contributed by atoms with van der Waals surface area (Å²) in [7, 11) is 0. The molecule has 7 heteroatoms. The predicted octanol–water partition coefficient (Wildman–Crippen LogP) is 7.06. The van der Waals surface area contributed by atoms with Crippen LogP contribution in [0.3, 0.4) is 0 Å². The number of carbonyl (C=O) groups is 1. The number of nitrogens with zero attached hydrogens (tertiary/aromatic N) is 2. The molecule has 1 fully saturated rings. The number of ether oxygens (including phenoxy) is 2. The molecule has 0 bridgehead atoms. The summed E-state index contributed by atoms with van der Waals surface area (Å²) in [6.07, 6.45) is 15.6. The first kappa shape index (κ1) is 28.0. The molecule has 0 radical (unpaired) electrons. The van der Waals surface area contributed by atoms with E-state index in [1.165, 1.54) is 24.3 Å². The van der Waals surface area contributed by atoms with Gasteiger partial charge in [0.1, 0.15) is 28.8 Å². The summed E-state index contributed by atoms with van der Waals surface area (Å²) in [5.41, 5.74) is 4.02. The molecule has 5 rings (SSSR count). The Morgan fingerprint density at radius 2 is 1.44 bits per heavy atom. The van der Waals surface area contributed by atoms with Crippen molar-refractivity contribution in [3.63, 3.8) is 0 Å². The van der Waals surface area contributed by atoms with Crippen LogP contribution >= 0.6 is 0 Å². The highest BCUT2D eigenvalue weighted by Gasteiger charge is 2.28. The molecule has 1 saturated heterocycles. The van der Waals surface area contributed by atoms with Gasteiger partial charge in [0.05, 0.1) is 13.1 Å². The van der Waals surface area contributed by atoms with Crippen molar-refractivity contribution < 1.29 is 27.6 Å². The van der Waals surface area contributed by atoms with E-state index in [9.17, 15) is 13.6 Å². The van der Waals surface area contributed by atoms with Crippen LogP contribution in [0.1, 0.15) is 31.9 Å². The summed E-state index contributed by atoms with van der Waals surface area (Å²) in [4.78, 5) is 14.1. The highest BCUT2D eigenvalue weighted by Crippen LogP contribution is 2.32. The number of hydrogen-bond donors (Lipinski definition) is 0. The molecule has 1 amide bonds. The second-order valence-electron chi connectivity index (χ2n) is 11.0. The van der Waals surface area contributed by atoms with Gasteiger partial charge in [0, 0.05) is 17.7 Å². The quantitative estimate of drug-likeness (QED) is 0.381. The largest absolute Gasteiger partial charge is 0.457 e. The molecule has 0 spiro atoms. The molecule has 41 heavy (non-hydrogen) atoms. The lowest BCUT2D eigenvalue weighted by Crippen LogP contribution is -2.48. The first-order valence-corrected chi connectivity index (χ1v) is 13.6. The minimum Gasteiger partial charge on any atom is -0.457 e. The summed E-state index contributed by atoms with van der Waals surface area (Å²) in [6.45, 7) is 8.30. The lowest BCUT2D eigenvalue weighted by molar-refractivity contribution is -0.536. The van der Waals surface area contributed by atoms with Crippen molar-refractivity contribution in [1.82, 2.24) is 4.90 Å².